The topological polar surface area (TPSA) is 46.6 Å². The quantitative estimate of drug-likeness (QED) is 0.779. The minimum absolute atomic E-state index is 0.114. The highest BCUT2D eigenvalue weighted by Gasteiger charge is 2.17. The summed E-state index contributed by atoms with van der Waals surface area (Å²) in [6.45, 7) is 2.25. The van der Waals surface area contributed by atoms with Crippen molar-refractivity contribution in [2.24, 2.45) is 0 Å². The van der Waals surface area contributed by atoms with Crippen molar-refractivity contribution in [1.29, 1.82) is 0 Å². The van der Waals surface area contributed by atoms with Crippen LogP contribution in [0.2, 0.25) is 0 Å². The minimum atomic E-state index is -0.496. The Bertz CT molecular complexity index is 479. The van der Waals surface area contributed by atoms with Gasteiger partial charge in [0.05, 0.1) is 23.1 Å². The van der Waals surface area contributed by atoms with E-state index in [9.17, 15) is 14.0 Å². The highest BCUT2D eigenvalue weighted by molar-refractivity contribution is 9.10. The van der Waals surface area contributed by atoms with Crippen LogP contribution in [0.4, 0.5) is 4.39 Å². The van der Waals surface area contributed by atoms with Crippen LogP contribution in [0.15, 0.2) is 22.7 Å². The number of amides is 1. The van der Waals surface area contributed by atoms with E-state index in [0.717, 1.165) is 0 Å². The number of carbonyl (C=O) groups is 2. The second-order valence-corrected chi connectivity index (χ2v) is 4.68. The van der Waals surface area contributed by atoms with Crippen LogP contribution in [0, 0.1) is 5.82 Å². The van der Waals surface area contributed by atoms with Gasteiger partial charge in [0.1, 0.15) is 5.82 Å². The van der Waals surface area contributed by atoms with Crippen LogP contribution in [-0.2, 0) is 9.53 Å². The zero-order chi connectivity index (χ0) is 14.4. The monoisotopic (exact) mass is 331 g/mol. The molecule has 0 atom stereocenters. The first-order valence-electron chi connectivity index (χ1n) is 5.82. The molecule has 4 nitrogen and oxygen atoms in total. The van der Waals surface area contributed by atoms with Crippen LogP contribution >= 0.6 is 15.9 Å². The highest BCUT2D eigenvalue weighted by Crippen LogP contribution is 2.21. The third kappa shape index (κ3) is 4.31. The van der Waals surface area contributed by atoms with Crippen molar-refractivity contribution in [1.82, 2.24) is 4.90 Å². The average molecular weight is 332 g/mol. The molecule has 0 heterocycles. The molecule has 0 aromatic heterocycles. The molecule has 19 heavy (non-hydrogen) atoms. The van der Waals surface area contributed by atoms with Crippen molar-refractivity contribution in [3.8, 4) is 0 Å². The molecule has 0 spiro atoms. The van der Waals surface area contributed by atoms with Gasteiger partial charge in [-0.25, -0.2) is 4.39 Å². The van der Waals surface area contributed by atoms with Crippen LogP contribution in [-0.4, -0.2) is 37.0 Å². The van der Waals surface area contributed by atoms with Gasteiger partial charge in [-0.1, -0.05) is 6.07 Å². The van der Waals surface area contributed by atoms with Gasteiger partial charge in [0.2, 0.25) is 0 Å². The summed E-state index contributed by atoms with van der Waals surface area (Å²) in [5.74, 6) is -1.21. The van der Waals surface area contributed by atoms with E-state index < -0.39 is 5.82 Å². The van der Waals surface area contributed by atoms with E-state index in [1.54, 1.807) is 14.0 Å². The zero-order valence-electron chi connectivity index (χ0n) is 10.8. The number of carbonyl (C=O) groups excluding carboxylic acids is 2. The maximum Gasteiger partial charge on any atom is 0.307 e. The molecule has 1 rings (SSSR count). The molecule has 1 amide bonds. The largest absolute Gasteiger partial charge is 0.466 e. The van der Waals surface area contributed by atoms with Gasteiger partial charge in [0, 0.05) is 13.6 Å². The lowest BCUT2D eigenvalue weighted by molar-refractivity contribution is -0.143. The normalized spacial score (nSPS) is 10.1. The number of hydrogen-bond donors (Lipinski definition) is 0. The van der Waals surface area contributed by atoms with Crippen molar-refractivity contribution in [3.05, 3.63) is 34.1 Å². The number of rotatable bonds is 5. The lowest BCUT2D eigenvalue weighted by atomic mass is 10.2. The molecule has 0 N–H and O–H groups in total. The number of nitrogens with zero attached hydrogens (tertiary/aromatic N) is 1. The SMILES string of the molecule is CCOC(=O)CCN(C)C(=O)c1cccc(F)c1Br. The summed E-state index contributed by atoms with van der Waals surface area (Å²) in [6, 6.07) is 4.25. The third-order valence-corrected chi connectivity index (χ3v) is 3.29. The van der Waals surface area contributed by atoms with Gasteiger partial charge in [-0.3, -0.25) is 9.59 Å². The number of ether oxygens (including phenoxy) is 1. The molecule has 0 radical (unpaired) electrons. The van der Waals surface area contributed by atoms with E-state index >= 15 is 0 Å². The Kier molecular flexibility index (Phi) is 5.95. The second kappa shape index (κ2) is 7.23. The fourth-order valence-corrected chi connectivity index (χ4v) is 1.90. The first-order chi connectivity index (χ1) is 8.97. The summed E-state index contributed by atoms with van der Waals surface area (Å²) < 4.78 is 18.2. The summed E-state index contributed by atoms with van der Waals surface area (Å²) in [7, 11) is 1.55. The molecule has 0 aliphatic carbocycles. The van der Waals surface area contributed by atoms with Crippen LogP contribution in [0.3, 0.4) is 0 Å². The average Bonchev–Trinajstić information content (AvgIpc) is 2.38. The summed E-state index contributed by atoms with van der Waals surface area (Å²) in [5.41, 5.74) is 0.228. The molecule has 0 fully saturated rings. The Balaban J connectivity index is 2.67. The lowest BCUT2D eigenvalue weighted by Gasteiger charge is -2.17. The number of esters is 1. The van der Waals surface area contributed by atoms with Gasteiger partial charge in [-0.05, 0) is 35.0 Å². The number of hydrogen-bond acceptors (Lipinski definition) is 3. The molecule has 6 heteroatoms. The van der Waals surface area contributed by atoms with Crippen LogP contribution < -0.4 is 0 Å². The van der Waals surface area contributed by atoms with E-state index in [2.05, 4.69) is 15.9 Å². The molecular weight excluding hydrogens is 317 g/mol. The van der Waals surface area contributed by atoms with Crippen molar-refractivity contribution >= 4 is 27.8 Å². The van der Waals surface area contributed by atoms with Gasteiger partial charge in [-0.15, -0.1) is 0 Å². The molecule has 1 aromatic rings. The van der Waals surface area contributed by atoms with Crippen LogP contribution in [0.1, 0.15) is 23.7 Å². The first-order valence-corrected chi connectivity index (χ1v) is 6.61. The van der Waals surface area contributed by atoms with E-state index in [1.807, 2.05) is 0 Å². The van der Waals surface area contributed by atoms with Gasteiger partial charge in [0.25, 0.3) is 5.91 Å². The smallest absolute Gasteiger partial charge is 0.307 e. The zero-order valence-corrected chi connectivity index (χ0v) is 12.4. The summed E-state index contributed by atoms with van der Waals surface area (Å²) in [4.78, 5) is 24.6. The van der Waals surface area contributed by atoms with Gasteiger partial charge in [-0.2, -0.15) is 0 Å². The van der Waals surface area contributed by atoms with Gasteiger partial charge in [0.15, 0.2) is 0 Å². The summed E-state index contributed by atoms with van der Waals surface area (Å²) >= 11 is 3.04. The summed E-state index contributed by atoms with van der Waals surface area (Å²) in [6.07, 6.45) is 0.114. The number of halogens is 2. The maximum atomic E-state index is 13.3. The molecule has 0 aliphatic heterocycles. The lowest BCUT2D eigenvalue weighted by Crippen LogP contribution is -2.29. The molecule has 0 saturated carbocycles. The molecule has 0 bridgehead atoms. The summed E-state index contributed by atoms with van der Waals surface area (Å²) in [5, 5.41) is 0. The predicted octanol–water partition coefficient (Wildman–Crippen LogP) is 2.61. The number of benzene rings is 1. The molecular formula is C13H15BrFNO3. The predicted molar refractivity (Wildman–Crippen MR) is 72.3 cm³/mol. The highest BCUT2D eigenvalue weighted by atomic mass is 79.9. The maximum absolute atomic E-state index is 13.3. The Hall–Kier alpha value is -1.43. The van der Waals surface area contributed by atoms with Crippen LogP contribution in [0.5, 0.6) is 0 Å². The van der Waals surface area contributed by atoms with E-state index in [4.69, 9.17) is 4.74 Å². The van der Waals surface area contributed by atoms with E-state index in [-0.39, 0.29) is 34.9 Å². The Morgan fingerprint density at radius 1 is 1.42 bits per heavy atom. The fraction of sp³-hybridized carbons (Fsp3) is 0.385. The molecule has 104 valence electrons. The Labute approximate surface area is 119 Å². The van der Waals surface area contributed by atoms with E-state index in [1.165, 1.54) is 23.1 Å². The standard InChI is InChI=1S/C13H15BrFNO3/c1-3-19-11(17)7-8-16(2)13(18)9-5-4-6-10(15)12(9)14/h4-6H,3,7-8H2,1-2H3. The molecule has 0 unspecified atom stereocenters. The fourth-order valence-electron chi connectivity index (χ4n) is 1.47. The van der Waals surface area contributed by atoms with Crippen molar-refractivity contribution in [3.63, 3.8) is 0 Å². The third-order valence-electron chi connectivity index (χ3n) is 2.49. The minimum Gasteiger partial charge on any atom is -0.466 e. The molecule has 0 saturated heterocycles. The van der Waals surface area contributed by atoms with Crippen molar-refractivity contribution in [2.75, 3.05) is 20.2 Å². The van der Waals surface area contributed by atoms with Crippen molar-refractivity contribution < 1.29 is 18.7 Å². The Morgan fingerprint density at radius 3 is 2.74 bits per heavy atom. The van der Waals surface area contributed by atoms with Gasteiger partial charge >= 0.3 is 5.97 Å². The van der Waals surface area contributed by atoms with Crippen LogP contribution in [0.25, 0.3) is 0 Å². The second-order valence-electron chi connectivity index (χ2n) is 3.88. The first kappa shape index (κ1) is 15.6. The molecule has 0 aliphatic rings. The van der Waals surface area contributed by atoms with Gasteiger partial charge < -0.3 is 9.64 Å². The van der Waals surface area contributed by atoms with Crippen molar-refractivity contribution in [2.45, 2.75) is 13.3 Å². The Morgan fingerprint density at radius 2 is 2.11 bits per heavy atom. The molecule has 1 aromatic carbocycles. The van der Waals surface area contributed by atoms with E-state index in [0.29, 0.717) is 6.61 Å².